The number of carbonyl (C=O) groups is 2. The molecule has 2 amide bonds. The lowest BCUT2D eigenvalue weighted by atomic mass is 9.84. The van der Waals surface area contributed by atoms with Crippen molar-refractivity contribution in [2.24, 2.45) is 5.92 Å². The molecule has 2 N–H and O–H groups in total. The van der Waals surface area contributed by atoms with Gasteiger partial charge < -0.3 is 25.0 Å². The van der Waals surface area contributed by atoms with Gasteiger partial charge >= 0.3 is 12.2 Å². The smallest absolute Gasteiger partial charge is 0.410 e. The molecule has 1 saturated heterocycles. The predicted octanol–water partition coefficient (Wildman–Crippen LogP) is 4.85. The van der Waals surface area contributed by atoms with E-state index in [1.165, 1.54) is 0 Å². The van der Waals surface area contributed by atoms with Crippen LogP contribution in [0.4, 0.5) is 9.59 Å². The maximum atomic E-state index is 12.3. The average molecular weight is 460 g/mol. The van der Waals surface area contributed by atoms with Crippen LogP contribution in [0.15, 0.2) is 30.3 Å². The quantitative estimate of drug-likeness (QED) is 0.609. The van der Waals surface area contributed by atoms with Crippen LogP contribution in [0, 0.1) is 5.92 Å². The van der Waals surface area contributed by atoms with Crippen molar-refractivity contribution in [3.05, 3.63) is 35.9 Å². The molecule has 1 heterocycles. The van der Waals surface area contributed by atoms with E-state index in [0.717, 1.165) is 70.1 Å². The Labute approximate surface area is 198 Å². The Morgan fingerprint density at radius 1 is 1.03 bits per heavy atom. The molecule has 0 radical (unpaired) electrons. The summed E-state index contributed by atoms with van der Waals surface area (Å²) in [7, 11) is 0. The first-order valence-corrected chi connectivity index (χ1v) is 12.5. The van der Waals surface area contributed by atoms with E-state index in [9.17, 15) is 9.59 Å². The van der Waals surface area contributed by atoms with Crippen LogP contribution in [-0.2, 0) is 16.1 Å². The lowest BCUT2D eigenvalue weighted by Gasteiger charge is -2.35. The second-order valence-electron chi connectivity index (χ2n) is 10.4. The number of alkyl carbamates (subject to hydrolysis) is 1. The highest BCUT2D eigenvalue weighted by Gasteiger charge is 2.28. The molecule has 7 nitrogen and oxygen atoms in total. The number of likely N-dealkylation sites (tertiary alicyclic amines) is 1. The van der Waals surface area contributed by atoms with Gasteiger partial charge in [-0.3, -0.25) is 0 Å². The summed E-state index contributed by atoms with van der Waals surface area (Å²) in [6.07, 6.45) is 6.96. The number of rotatable bonds is 7. The van der Waals surface area contributed by atoms with Crippen molar-refractivity contribution in [3.8, 4) is 0 Å². The van der Waals surface area contributed by atoms with Crippen LogP contribution in [0.2, 0.25) is 0 Å². The van der Waals surface area contributed by atoms with Crippen molar-refractivity contribution in [2.45, 2.75) is 90.0 Å². The van der Waals surface area contributed by atoms with Gasteiger partial charge in [0.25, 0.3) is 0 Å². The number of hydrogen-bond donors (Lipinski definition) is 2. The van der Waals surface area contributed by atoms with Crippen molar-refractivity contribution < 1.29 is 19.1 Å². The fourth-order valence-electron chi connectivity index (χ4n) is 4.65. The van der Waals surface area contributed by atoms with E-state index in [0.29, 0.717) is 18.6 Å². The van der Waals surface area contributed by atoms with Crippen LogP contribution in [0.1, 0.15) is 71.3 Å². The molecule has 33 heavy (non-hydrogen) atoms. The zero-order valence-corrected chi connectivity index (χ0v) is 20.5. The van der Waals surface area contributed by atoms with Gasteiger partial charge in [0.05, 0.1) is 0 Å². The number of carbonyl (C=O) groups excluding carboxylic acids is 2. The maximum Gasteiger partial charge on any atom is 0.410 e. The van der Waals surface area contributed by atoms with E-state index in [1.54, 1.807) is 0 Å². The SMILES string of the molecule is CC(C)(C)OC(=O)N1CCCC(NCCC2CCC(NC(=O)OCc3ccccc3)CC2)C1. The molecule has 1 saturated carbocycles. The van der Waals surface area contributed by atoms with E-state index in [4.69, 9.17) is 9.47 Å². The van der Waals surface area contributed by atoms with Crippen molar-refractivity contribution in [1.82, 2.24) is 15.5 Å². The van der Waals surface area contributed by atoms with Gasteiger partial charge in [-0.25, -0.2) is 9.59 Å². The molecule has 1 aromatic carbocycles. The lowest BCUT2D eigenvalue weighted by molar-refractivity contribution is 0.0187. The third-order valence-corrected chi connectivity index (χ3v) is 6.44. The van der Waals surface area contributed by atoms with Gasteiger partial charge in [0.2, 0.25) is 0 Å². The van der Waals surface area contributed by atoms with Crippen LogP contribution in [0.5, 0.6) is 0 Å². The maximum absolute atomic E-state index is 12.3. The largest absolute Gasteiger partial charge is 0.445 e. The first-order chi connectivity index (χ1) is 15.8. The standard InChI is InChI=1S/C26H41N3O4/c1-26(2,3)33-25(31)29-17-7-10-23(18-29)27-16-15-20-11-13-22(14-12-20)28-24(30)32-19-21-8-5-4-6-9-21/h4-6,8-9,20,22-23,27H,7,10-19H2,1-3H3,(H,28,30). The summed E-state index contributed by atoms with van der Waals surface area (Å²) in [6.45, 7) is 8.48. The van der Waals surface area contributed by atoms with Gasteiger partial charge in [-0.15, -0.1) is 0 Å². The Bertz CT molecular complexity index is 742. The van der Waals surface area contributed by atoms with Gasteiger partial charge in [-0.1, -0.05) is 30.3 Å². The molecule has 1 atom stereocenters. The number of amides is 2. The van der Waals surface area contributed by atoms with E-state index < -0.39 is 5.60 Å². The number of hydrogen-bond acceptors (Lipinski definition) is 5. The number of benzene rings is 1. The molecule has 184 valence electrons. The van der Waals surface area contributed by atoms with Crippen molar-refractivity contribution in [3.63, 3.8) is 0 Å². The first kappa shape index (κ1) is 25.3. The molecule has 3 rings (SSSR count). The van der Waals surface area contributed by atoms with Crippen molar-refractivity contribution in [1.29, 1.82) is 0 Å². The topological polar surface area (TPSA) is 79.9 Å². The highest BCUT2D eigenvalue weighted by atomic mass is 16.6. The second-order valence-corrected chi connectivity index (χ2v) is 10.4. The van der Waals surface area contributed by atoms with Gasteiger partial charge in [-0.2, -0.15) is 0 Å². The predicted molar refractivity (Wildman–Crippen MR) is 129 cm³/mol. The second kappa shape index (κ2) is 12.3. The molecule has 1 aliphatic heterocycles. The van der Waals surface area contributed by atoms with Crippen LogP contribution in [0.3, 0.4) is 0 Å². The average Bonchev–Trinajstić information content (AvgIpc) is 2.79. The zero-order chi connectivity index (χ0) is 23.7. The highest BCUT2D eigenvalue weighted by Crippen LogP contribution is 2.27. The molecular formula is C26H41N3O4. The Morgan fingerprint density at radius 3 is 2.45 bits per heavy atom. The minimum atomic E-state index is -0.455. The molecule has 0 bridgehead atoms. The minimum Gasteiger partial charge on any atom is -0.445 e. The van der Waals surface area contributed by atoms with E-state index in [1.807, 2.05) is 56.0 Å². The van der Waals surface area contributed by atoms with Gasteiger partial charge in [-0.05, 0) is 83.7 Å². The molecule has 0 spiro atoms. The van der Waals surface area contributed by atoms with E-state index >= 15 is 0 Å². The van der Waals surface area contributed by atoms with Gasteiger partial charge in [0.15, 0.2) is 0 Å². The molecule has 2 fully saturated rings. The summed E-state index contributed by atoms with van der Waals surface area (Å²) >= 11 is 0. The third-order valence-electron chi connectivity index (χ3n) is 6.44. The fourth-order valence-corrected chi connectivity index (χ4v) is 4.65. The summed E-state index contributed by atoms with van der Waals surface area (Å²) in [5.41, 5.74) is 0.542. The number of nitrogens with one attached hydrogen (secondary N) is 2. The normalized spacial score (nSPS) is 23.6. The van der Waals surface area contributed by atoms with Crippen LogP contribution < -0.4 is 10.6 Å². The van der Waals surface area contributed by atoms with Gasteiger partial charge in [0.1, 0.15) is 12.2 Å². The Morgan fingerprint density at radius 2 is 1.76 bits per heavy atom. The number of nitrogens with zero attached hydrogens (tertiary/aromatic N) is 1. The highest BCUT2D eigenvalue weighted by molar-refractivity contribution is 5.68. The van der Waals surface area contributed by atoms with Crippen LogP contribution in [0.25, 0.3) is 0 Å². The van der Waals surface area contributed by atoms with Crippen molar-refractivity contribution in [2.75, 3.05) is 19.6 Å². The lowest BCUT2D eigenvalue weighted by Crippen LogP contribution is -2.49. The fraction of sp³-hybridized carbons (Fsp3) is 0.692. The summed E-state index contributed by atoms with van der Waals surface area (Å²) in [6, 6.07) is 10.3. The monoisotopic (exact) mass is 459 g/mol. The molecule has 1 aromatic rings. The van der Waals surface area contributed by atoms with E-state index in [2.05, 4.69) is 10.6 Å². The molecule has 2 aliphatic rings. The van der Waals surface area contributed by atoms with Crippen LogP contribution >= 0.6 is 0 Å². The number of piperidine rings is 1. The summed E-state index contributed by atoms with van der Waals surface area (Å²) in [5, 5.41) is 6.68. The zero-order valence-electron chi connectivity index (χ0n) is 20.5. The molecule has 1 aliphatic carbocycles. The van der Waals surface area contributed by atoms with E-state index in [-0.39, 0.29) is 18.2 Å². The molecule has 1 unspecified atom stereocenters. The van der Waals surface area contributed by atoms with Crippen LogP contribution in [-0.4, -0.2) is 54.4 Å². The molecule has 7 heteroatoms. The molecule has 0 aromatic heterocycles. The van der Waals surface area contributed by atoms with Crippen molar-refractivity contribution >= 4 is 12.2 Å². The molecular weight excluding hydrogens is 418 g/mol. The number of ether oxygens (including phenoxy) is 2. The summed E-state index contributed by atoms with van der Waals surface area (Å²) in [5.74, 6) is 0.682. The minimum absolute atomic E-state index is 0.206. The van der Waals surface area contributed by atoms with Gasteiger partial charge in [0, 0.05) is 25.2 Å². The summed E-state index contributed by atoms with van der Waals surface area (Å²) in [4.78, 5) is 26.3. The third kappa shape index (κ3) is 9.24. The summed E-state index contributed by atoms with van der Waals surface area (Å²) < 4.78 is 10.9. The Kier molecular flexibility index (Phi) is 9.41. The Hall–Kier alpha value is -2.28. The Balaban J connectivity index is 1.27. The first-order valence-electron chi connectivity index (χ1n) is 12.5.